The largest absolute Gasteiger partial charge is 0.465 e. The van der Waals surface area contributed by atoms with Crippen LogP contribution in [0.15, 0.2) is 0 Å². The van der Waals surface area contributed by atoms with Crippen LogP contribution in [0.4, 0.5) is 0 Å². The Balaban J connectivity index is 2.40. The van der Waals surface area contributed by atoms with Gasteiger partial charge in [0, 0.05) is 6.04 Å². The summed E-state index contributed by atoms with van der Waals surface area (Å²) >= 11 is 0. The molecule has 0 aromatic rings. The third kappa shape index (κ3) is 1.97. The Kier molecular flexibility index (Phi) is 3.09. The number of carbonyl (C=O) groups excluding carboxylic acids is 1. The Hall–Kier alpha value is -0.570. The summed E-state index contributed by atoms with van der Waals surface area (Å²) in [6.45, 7) is 6.56. The number of rotatable bonds is 2. The number of hydrogen-bond acceptors (Lipinski definition) is 3. The zero-order valence-electron chi connectivity index (χ0n) is 7.96. The molecule has 0 radical (unpaired) electrons. The summed E-state index contributed by atoms with van der Waals surface area (Å²) in [6.07, 6.45) is 0.903. The number of ether oxygens (including phenoxy) is 1. The monoisotopic (exact) mass is 171 g/mol. The Labute approximate surface area is 73.5 Å². The Morgan fingerprint density at radius 2 is 2.25 bits per heavy atom. The van der Waals surface area contributed by atoms with Gasteiger partial charge in [0.15, 0.2) is 0 Å². The highest BCUT2D eigenvalue weighted by atomic mass is 16.5. The van der Waals surface area contributed by atoms with E-state index < -0.39 is 0 Å². The van der Waals surface area contributed by atoms with Crippen LogP contribution in [0.25, 0.3) is 0 Å². The van der Waals surface area contributed by atoms with Crippen molar-refractivity contribution in [2.24, 2.45) is 5.92 Å². The molecule has 0 bridgehead atoms. The standard InChI is InChI=1S/C9H17NO2/c1-4-12-9(11)8-5-6(2)7(3)10-8/h6-8,10H,4-5H2,1-3H3/t6-,7-,8+/m1/s1. The molecule has 1 fully saturated rings. The third-order valence-corrected chi connectivity index (χ3v) is 2.50. The number of nitrogens with one attached hydrogen (secondary N) is 1. The zero-order valence-corrected chi connectivity index (χ0v) is 7.96. The molecular formula is C9H17NO2. The first kappa shape index (κ1) is 9.52. The molecule has 3 nitrogen and oxygen atoms in total. The molecule has 3 heteroatoms. The van der Waals surface area contributed by atoms with E-state index in [1.165, 1.54) is 0 Å². The first-order chi connectivity index (χ1) is 5.65. The van der Waals surface area contributed by atoms with E-state index in [9.17, 15) is 4.79 Å². The van der Waals surface area contributed by atoms with Gasteiger partial charge in [0.2, 0.25) is 0 Å². The van der Waals surface area contributed by atoms with Gasteiger partial charge in [-0.2, -0.15) is 0 Å². The molecule has 1 aliphatic heterocycles. The lowest BCUT2D eigenvalue weighted by Crippen LogP contribution is -2.35. The van der Waals surface area contributed by atoms with Gasteiger partial charge >= 0.3 is 5.97 Å². The fourth-order valence-corrected chi connectivity index (χ4v) is 1.53. The summed E-state index contributed by atoms with van der Waals surface area (Å²) in [5.41, 5.74) is 0. The molecule has 1 aliphatic rings. The minimum absolute atomic E-state index is 0.0741. The van der Waals surface area contributed by atoms with Gasteiger partial charge in [0.1, 0.15) is 6.04 Å². The van der Waals surface area contributed by atoms with E-state index in [1.807, 2.05) is 6.92 Å². The quantitative estimate of drug-likeness (QED) is 0.628. The maximum Gasteiger partial charge on any atom is 0.323 e. The van der Waals surface area contributed by atoms with Gasteiger partial charge < -0.3 is 10.1 Å². The second-order valence-electron chi connectivity index (χ2n) is 3.47. The number of carbonyl (C=O) groups is 1. The van der Waals surface area contributed by atoms with Crippen LogP contribution >= 0.6 is 0 Å². The lowest BCUT2D eigenvalue weighted by Gasteiger charge is -2.09. The van der Waals surface area contributed by atoms with Crippen molar-refractivity contribution in [2.75, 3.05) is 6.61 Å². The molecule has 1 rings (SSSR count). The maximum atomic E-state index is 11.3. The normalized spacial score (nSPS) is 35.1. The van der Waals surface area contributed by atoms with Gasteiger partial charge in [-0.1, -0.05) is 6.92 Å². The van der Waals surface area contributed by atoms with Crippen molar-refractivity contribution in [3.8, 4) is 0 Å². The van der Waals surface area contributed by atoms with E-state index in [2.05, 4.69) is 19.2 Å². The smallest absolute Gasteiger partial charge is 0.323 e. The van der Waals surface area contributed by atoms with E-state index in [-0.39, 0.29) is 12.0 Å². The van der Waals surface area contributed by atoms with E-state index in [0.29, 0.717) is 18.6 Å². The van der Waals surface area contributed by atoms with Crippen LogP contribution in [0, 0.1) is 5.92 Å². The molecular weight excluding hydrogens is 154 g/mol. The van der Waals surface area contributed by atoms with Crippen LogP contribution in [0.3, 0.4) is 0 Å². The molecule has 0 aliphatic carbocycles. The zero-order chi connectivity index (χ0) is 9.14. The van der Waals surface area contributed by atoms with Crippen molar-refractivity contribution in [2.45, 2.75) is 39.3 Å². The minimum Gasteiger partial charge on any atom is -0.465 e. The van der Waals surface area contributed by atoms with Crippen LogP contribution < -0.4 is 5.32 Å². The summed E-state index contributed by atoms with van der Waals surface area (Å²) in [5.74, 6) is 0.466. The van der Waals surface area contributed by atoms with Crippen LogP contribution in [0.5, 0.6) is 0 Å². The van der Waals surface area contributed by atoms with E-state index in [4.69, 9.17) is 4.74 Å². The predicted molar refractivity (Wildman–Crippen MR) is 46.8 cm³/mol. The summed E-state index contributed by atoms with van der Waals surface area (Å²) in [7, 11) is 0. The van der Waals surface area contributed by atoms with Gasteiger partial charge in [-0.3, -0.25) is 4.79 Å². The molecule has 3 atom stereocenters. The minimum atomic E-state index is -0.103. The van der Waals surface area contributed by atoms with E-state index in [1.54, 1.807) is 0 Å². The number of hydrogen-bond donors (Lipinski definition) is 1. The van der Waals surface area contributed by atoms with Gasteiger partial charge in [0.25, 0.3) is 0 Å². The first-order valence-electron chi connectivity index (χ1n) is 4.57. The van der Waals surface area contributed by atoms with Crippen LogP contribution in [0.2, 0.25) is 0 Å². The maximum absolute atomic E-state index is 11.3. The van der Waals surface area contributed by atoms with Gasteiger partial charge in [-0.05, 0) is 26.2 Å². The molecule has 0 unspecified atom stereocenters. The molecule has 0 amide bonds. The summed E-state index contributed by atoms with van der Waals surface area (Å²) in [4.78, 5) is 11.3. The topological polar surface area (TPSA) is 38.3 Å². The highest BCUT2D eigenvalue weighted by Gasteiger charge is 2.32. The summed E-state index contributed by atoms with van der Waals surface area (Å²) < 4.78 is 4.92. The molecule has 0 aromatic heterocycles. The molecule has 1 N–H and O–H groups in total. The first-order valence-corrected chi connectivity index (χ1v) is 4.57. The molecule has 12 heavy (non-hydrogen) atoms. The fourth-order valence-electron chi connectivity index (χ4n) is 1.53. The SMILES string of the molecule is CCOC(=O)[C@@H]1C[C@@H](C)[C@@H](C)N1. The van der Waals surface area contributed by atoms with Gasteiger partial charge in [-0.15, -0.1) is 0 Å². The summed E-state index contributed by atoms with van der Waals surface area (Å²) in [6, 6.07) is 0.356. The average molecular weight is 171 g/mol. The van der Waals surface area contributed by atoms with Crippen LogP contribution in [-0.2, 0) is 9.53 Å². The molecule has 0 saturated carbocycles. The molecule has 0 aromatic carbocycles. The lowest BCUT2D eigenvalue weighted by molar-refractivity contribution is -0.145. The van der Waals surface area contributed by atoms with Crippen molar-refractivity contribution < 1.29 is 9.53 Å². The lowest BCUT2D eigenvalue weighted by atomic mass is 10.0. The highest BCUT2D eigenvalue weighted by molar-refractivity contribution is 5.76. The van der Waals surface area contributed by atoms with Gasteiger partial charge in [0.05, 0.1) is 6.61 Å². The Morgan fingerprint density at radius 1 is 1.58 bits per heavy atom. The Bertz CT molecular complexity index is 160. The average Bonchev–Trinajstić information content (AvgIpc) is 2.33. The van der Waals surface area contributed by atoms with E-state index in [0.717, 1.165) is 6.42 Å². The highest BCUT2D eigenvalue weighted by Crippen LogP contribution is 2.19. The molecule has 70 valence electrons. The molecule has 1 heterocycles. The molecule has 0 spiro atoms. The van der Waals surface area contributed by atoms with Crippen molar-refractivity contribution in [1.29, 1.82) is 0 Å². The van der Waals surface area contributed by atoms with Crippen LogP contribution in [0.1, 0.15) is 27.2 Å². The second kappa shape index (κ2) is 3.90. The van der Waals surface area contributed by atoms with E-state index >= 15 is 0 Å². The fraction of sp³-hybridized carbons (Fsp3) is 0.889. The third-order valence-electron chi connectivity index (χ3n) is 2.50. The van der Waals surface area contributed by atoms with Gasteiger partial charge in [-0.25, -0.2) is 0 Å². The second-order valence-corrected chi connectivity index (χ2v) is 3.47. The van der Waals surface area contributed by atoms with Crippen LogP contribution in [-0.4, -0.2) is 24.7 Å². The van der Waals surface area contributed by atoms with Crippen molar-refractivity contribution in [3.05, 3.63) is 0 Å². The predicted octanol–water partition coefficient (Wildman–Crippen LogP) is 0.936. The molecule has 1 saturated heterocycles. The Morgan fingerprint density at radius 3 is 2.67 bits per heavy atom. The van der Waals surface area contributed by atoms with Crippen molar-refractivity contribution in [3.63, 3.8) is 0 Å². The van der Waals surface area contributed by atoms with Crippen molar-refractivity contribution >= 4 is 5.97 Å². The van der Waals surface area contributed by atoms with Crippen molar-refractivity contribution in [1.82, 2.24) is 5.32 Å². The summed E-state index contributed by atoms with van der Waals surface area (Å²) in [5, 5.41) is 3.21. The number of esters is 1.